The molecule has 0 aromatic carbocycles. The molecule has 1 aromatic rings. The van der Waals surface area contributed by atoms with Crippen LogP contribution in [0.4, 0.5) is 4.39 Å². The molecule has 0 saturated heterocycles. The van der Waals surface area contributed by atoms with E-state index in [-0.39, 0.29) is 0 Å². The molecule has 0 aliphatic carbocycles. The Hall–Kier alpha value is -0.230. The molecule has 0 radical (unpaired) electrons. The van der Waals surface area contributed by atoms with Gasteiger partial charge in [-0.05, 0) is 34.7 Å². The van der Waals surface area contributed by atoms with Gasteiger partial charge in [0.25, 0.3) is 0 Å². The normalized spacial score (nSPS) is 10.1. The second-order valence-electron chi connectivity index (χ2n) is 3.75. The fourth-order valence-electron chi connectivity index (χ4n) is 1.03. The molecule has 1 rings (SSSR count). The minimum Gasteiger partial charge on any atom is -0.312 e. The summed E-state index contributed by atoms with van der Waals surface area (Å²) in [7, 11) is 0. The molecular weight excluding hydrogens is 306 g/mol. The SMILES string of the molecule is CC(C)NC(C)C.Fc1ncccc1I. The third-order valence-electron chi connectivity index (χ3n) is 1.38. The molecule has 0 spiro atoms. The maximum atomic E-state index is 12.2. The first kappa shape index (κ1) is 14.8. The fourth-order valence-corrected chi connectivity index (χ4v) is 1.38. The van der Waals surface area contributed by atoms with Gasteiger partial charge in [0.05, 0.1) is 3.57 Å². The number of nitrogens with zero attached hydrogens (tertiary/aromatic N) is 1. The zero-order chi connectivity index (χ0) is 11.8. The van der Waals surface area contributed by atoms with E-state index in [4.69, 9.17) is 0 Å². The Balaban J connectivity index is 0.000000265. The van der Waals surface area contributed by atoms with Crippen LogP contribution in [0.2, 0.25) is 0 Å². The number of hydrogen-bond donors (Lipinski definition) is 1. The van der Waals surface area contributed by atoms with Crippen molar-refractivity contribution in [1.82, 2.24) is 10.3 Å². The van der Waals surface area contributed by atoms with Gasteiger partial charge in [0.2, 0.25) is 5.95 Å². The van der Waals surface area contributed by atoms with Crippen LogP contribution < -0.4 is 5.32 Å². The molecule has 0 aliphatic heterocycles. The van der Waals surface area contributed by atoms with Gasteiger partial charge in [-0.2, -0.15) is 4.39 Å². The zero-order valence-electron chi connectivity index (χ0n) is 9.59. The van der Waals surface area contributed by atoms with Gasteiger partial charge in [-0.25, -0.2) is 4.98 Å². The van der Waals surface area contributed by atoms with Gasteiger partial charge in [-0.15, -0.1) is 0 Å². The average molecular weight is 324 g/mol. The van der Waals surface area contributed by atoms with Crippen molar-refractivity contribution in [3.63, 3.8) is 0 Å². The van der Waals surface area contributed by atoms with E-state index in [0.717, 1.165) is 0 Å². The number of nitrogens with one attached hydrogen (secondary N) is 1. The average Bonchev–Trinajstić information content (AvgIpc) is 2.08. The number of rotatable bonds is 2. The van der Waals surface area contributed by atoms with Crippen molar-refractivity contribution in [2.24, 2.45) is 0 Å². The highest BCUT2D eigenvalue weighted by atomic mass is 127. The van der Waals surface area contributed by atoms with E-state index >= 15 is 0 Å². The minimum atomic E-state index is -0.395. The summed E-state index contributed by atoms with van der Waals surface area (Å²) in [6, 6.07) is 4.62. The lowest BCUT2D eigenvalue weighted by Crippen LogP contribution is -2.29. The summed E-state index contributed by atoms with van der Waals surface area (Å²) in [5, 5.41) is 3.31. The van der Waals surface area contributed by atoms with Gasteiger partial charge in [-0.3, -0.25) is 0 Å². The first-order chi connectivity index (χ1) is 6.93. The summed E-state index contributed by atoms with van der Waals surface area (Å²) in [5.74, 6) is -0.395. The van der Waals surface area contributed by atoms with Crippen molar-refractivity contribution >= 4 is 22.6 Å². The van der Waals surface area contributed by atoms with Crippen LogP contribution in [0.1, 0.15) is 27.7 Å². The predicted molar refractivity (Wildman–Crippen MR) is 70.3 cm³/mol. The lowest BCUT2D eigenvalue weighted by Gasteiger charge is -2.10. The first-order valence-corrected chi connectivity index (χ1v) is 6.03. The quantitative estimate of drug-likeness (QED) is 0.667. The molecular formula is C11H18FIN2. The van der Waals surface area contributed by atoms with Gasteiger partial charge in [-0.1, -0.05) is 27.7 Å². The topological polar surface area (TPSA) is 24.9 Å². The second kappa shape index (κ2) is 7.98. The summed E-state index contributed by atoms with van der Waals surface area (Å²) in [6.07, 6.45) is 1.43. The molecule has 1 heterocycles. The van der Waals surface area contributed by atoms with Crippen LogP contribution in [-0.4, -0.2) is 17.1 Å². The third kappa shape index (κ3) is 8.74. The lowest BCUT2D eigenvalue weighted by molar-refractivity contribution is 0.518. The Morgan fingerprint density at radius 2 is 1.80 bits per heavy atom. The van der Waals surface area contributed by atoms with Gasteiger partial charge in [0.15, 0.2) is 0 Å². The maximum Gasteiger partial charge on any atom is 0.226 e. The predicted octanol–water partition coefficient (Wildman–Crippen LogP) is 3.22. The Morgan fingerprint density at radius 3 is 2.00 bits per heavy atom. The highest BCUT2D eigenvalue weighted by molar-refractivity contribution is 14.1. The molecule has 0 amide bonds. The Bertz CT molecular complexity index is 250. The number of aromatic nitrogens is 1. The third-order valence-corrected chi connectivity index (χ3v) is 2.18. The molecule has 0 bridgehead atoms. The van der Waals surface area contributed by atoms with Crippen LogP contribution >= 0.6 is 22.6 Å². The van der Waals surface area contributed by atoms with E-state index in [1.54, 1.807) is 12.1 Å². The number of hydrogen-bond acceptors (Lipinski definition) is 2. The lowest BCUT2D eigenvalue weighted by atomic mass is 10.3. The summed E-state index contributed by atoms with van der Waals surface area (Å²) in [5.41, 5.74) is 0. The zero-order valence-corrected chi connectivity index (χ0v) is 11.7. The molecule has 1 N–H and O–H groups in total. The molecule has 4 heteroatoms. The fraction of sp³-hybridized carbons (Fsp3) is 0.545. The summed E-state index contributed by atoms with van der Waals surface area (Å²) in [6.45, 7) is 8.61. The molecule has 86 valence electrons. The van der Waals surface area contributed by atoms with Crippen LogP contribution in [0.3, 0.4) is 0 Å². The molecule has 0 aliphatic rings. The molecule has 0 atom stereocenters. The highest BCUT2D eigenvalue weighted by Gasteiger charge is 1.93. The van der Waals surface area contributed by atoms with Crippen molar-refractivity contribution < 1.29 is 4.39 Å². The second-order valence-corrected chi connectivity index (χ2v) is 4.91. The van der Waals surface area contributed by atoms with E-state index < -0.39 is 5.95 Å². The van der Waals surface area contributed by atoms with Gasteiger partial charge < -0.3 is 5.32 Å². The minimum absolute atomic E-state index is 0.395. The van der Waals surface area contributed by atoms with Crippen molar-refractivity contribution in [3.8, 4) is 0 Å². The first-order valence-electron chi connectivity index (χ1n) is 4.95. The van der Waals surface area contributed by atoms with Crippen LogP contribution in [0, 0.1) is 9.52 Å². The van der Waals surface area contributed by atoms with E-state index in [0.29, 0.717) is 15.7 Å². The molecule has 0 fully saturated rings. The van der Waals surface area contributed by atoms with Crippen LogP contribution in [0.15, 0.2) is 18.3 Å². The van der Waals surface area contributed by atoms with Crippen LogP contribution in [-0.2, 0) is 0 Å². The molecule has 2 nitrogen and oxygen atoms in total. The van der Waals surface area contributed by atoms with E-state index in [1.165, 1.54) is 6.20 Å². The monoisotopic (exact) mass is 324 g/mol. The standard InChI is InChI=1S/C6H15N.C5H3FIN/c1-5(2)7-6(3)4;6-5-4(7)2-1-3-8-5/h5-7H,1-4H3;1-3H. The maximum absolute atomic E-state index is 12.2. The van der Waals surface area contributed by atoms with Crippen molar-refractivity contribution in [2.75, 3.05) is 0 Å². The van der Waals surface area contributed by atoms with E-state index in [1.807, 2.05) is 22.6 Å². The largest absolute Gasteiger partial charge is 0.312 e. The summed E-state index contributed by atoms with van der Waals surface area (Å²) >= 11 is 1.89. The van der Waals surface area contributed by atoms with Crippen LogP contribution in [0.5, 0.6) is 0 Å². The van der Waals surface area contributed by atoms with Crippen molar-refractivity contribution in [2.45, 2.75) is 39.8 Å². The molecule has 0 saturated carbocycles. The number of halogens is 2. The highest BCUT2D eigenvalue weighted by Crippen LogP contribution is 2.04. The Morgan fingerprint density at radius 1 is 1.27 bits per heavy atom. The molecule has 1 aromatic heterocycles. The van der Waals surface area contributed by atoms with Gasteiger partial charge >= 0.3 is 0 Å². The Kier molecular flexibility index (Phi) is 7.86. The molecule has 15 heavy (non-hydrogen) atoms. The van der Waals surface area contributed by atoms with Crippen molar-refractivity contribution in [3.05, 3.63) is 27.8 Å². The molecule has 0 unspecified atom stereocenters. The van der Waals surface area contributed by atoms with Crippen molar-refractivity contribution in [1.29, 1.82) is 0 Å². The number of pyridine rings is 1. The smallest absolute Gasteiger partial charge is 0.226 e. The summed E-state index contributed by atoms with van der Waals surface area (Å²) < 4.78 is 12.8. The summed E-state index contributed by atoms with van der Waals surface area (Å²) in [4.78, 5) is 3.40. The van der Waals surface area contributed by atoms with Crippen LogP contribution in [0.25, 0.3) is 0 Å². The van der Waals surface area contributed by atoms with Gasteiger partial charge in [0, 0.05) is 18.3 Å². The Labute approximate surface area is 105 Å². The van der Waals surface area contributed by atoms with E-state index in [9.17, 15) is 4.39 Å². The van der Waals surface area contributed by atoms with E-state index in [2.05, 4.69) is 38.0 Å². The van der Waals surface area contributed by atoms with Gasteiger partial charge in [0.1, 0.15) is 0 Å².